The Morgan fingerprint density at radius 1 is 1.20 bits per heavy atom. The molecular weight excluding hydrogens is 394 g/mol. The van der Waals surface area contributed by atoms with Gasteiger partial charge in [-0.3, -0.25) is 4.79 Å². The Morgan fingerprint density at radius 2 is 1.83 bits per heavy atom. The van der Waals surface area contributed by atoms with E-state index in [1.165, 1.54) is 4.90 Å². The molecule has 0 radical (unpaired) electrons. The fraction of sp³-hybridized carbons (Fsp3) is 0.480. The van der Waals surface area contributed by atoms with Gasteiger partial charge in [0.2, 0.25) is 5.91 Å². The monoisotopic (exact) mass is 427 g/mol. The molecule has 30 heavy (non-hydrogen) atoms. The summed E-state index contributed by atoms with van der Waals surface area (Å²) in [5.41, 5.74) is 2.62. The van der Waals surface area contributed by atoms with E-state index < -0.39 is 0 Å². The highest BCUT2D eigenvalue weighted by atomic mass is 32.2. The number of nitrogens with zero attached hydrogens (tertiary/aromatic N) is 1. The minimum atomic E-state index is -0.267. The number of aryl methyl sites for hydroxylation is 1. The zero-order chi connectivity index (χ0) is 21.8. The molecule has 3 atom stereocenters. The Bertz CT molecular complexity index is 871. The number of benzene rings is 2. The fourth-order valence-corrected chi connectivity index (χ4v) is 5.07. The van der Waals surface area contributed by atoms with Crippen LogP contribution in [0.5, 0.6) is 11.5 Å². The van der Waals surface area contributed by atoms with Gasteiger partial charge in [-0.15, -0.1) is 11.8 Å². The van der Waals surface area contributed by atoms with E-state index in [-0.39, 0.29) is 17.6 Å². The summed E-state index contributed by atoms with van der Waals surface area (Å²) in [4.78, 5) is 16.5. The van der Waals surface area contributed by atoms with Gasteiger partial charge in [0, 0.05) is 35.9 Å². The molecule has 3 rings (SSSR count). The molecule has 0 saturated carbocycles. The number of phenolic OH excluding ortho intramolecular Hbond substituents is 1. The minimum absolute atomic E-state index is 0.134. The van der Waals surface area contributed by atoms with E-state index in [1.54, 1.807) is 24.9 Å². The second-order valence-corrected chi connectivity index (χ2v) is 9.55. The van der Waals surface area contributed by atoms with Crippen LogP contribution < -0.4 is 4.74 Å². The number of piperidine rings is 1. The summed E-state index contributed by atoms with van der Waals surface area (Å²) >= 11 is 1.69. The van der Waals surface area contributed by atoms with Crippen LogP contribution in [0.2, 0.25) is 0 Å². The Morgan fingerprint density at radius 3 is 2.40 bits per heavy atom. The van der Waals surface area contributed by atoms with Crippen LogP contribution in [-0.4, -0.2) is 42.4 Å². The van der Waals surface area contributed by atoms with Crippen LogP contribution in [0.3, 0.4) is 0 Å². The molecule has 2 aromatic rings. The van der Waals surface area contributed by atoms with Crippen LogP contribution in [0, 0.1) is 18.8 Å². The topological polar surface area (TPSA) is 49.8 Å². The molecule has 3 unspecified atom stereocenters. The summed E-state index contributed by atoms with van der Waals surface area (Å²) in [5, 5.41) is 10.8. The molecule has 4 nitrogen and oxygen atoms in total. The number of carbonyl (C=O) groups excluding carboxylic acids is 1. The van der Waals surface area contributed by atoms with Gasteiger partial charge in [-0.05, 0) is 66.8 Å². The minimum Gasteiger partial charge on any atom is -0.507 e. The number of amides is 1. The van der Waals surface area contributed by atoms with Crippen LogP contribution in [0.25, 0.3) is 0 Å². The van der Waals surface area contributed by atoms with Gasteiger partial charge in [-0.2, -0.15) is 0 Å². The molecule has 0 bridgehead atoms. The number of phenols is 1. The Balaban J connectivity index is 1.99. The van der Waals surface area contributed by atoms with E-state index in [2.05, 4.69) is 38.1 Å². The maximum absolute atomic E-state index is 13.3. The molecule has 1 N–H and O–H groups in total. The number of likely N-dealkylation sites (tertiary alicyclic amines) is 1. The first kappa shape index (κ1) is 22.5. The third-order valence-electron chi connectivity index (χ3n) is 5.95. The lowest BCUT2D eigenvalue weighted by molar-refractivity contribution is -0.134. The lowest BCUT2D eigenvalue weighted by Crippen LogP contribution is -2.43. The average Bonchev–Trinajstić information content (AvgIpc) is 2.71. The first-order valence-corrected chi connectivity index (χ1v) is 11.8. The van der Waals surface area contributed by atoms with Crippen molar-refractivity contribution >= 4 is 17.7 Å². The molecule has 1 heterocycles. The number of ether oxygens (including phenoxy) is 1. The third kappa shape index (κ3) is 5.12. The third-order valence-corrected chi connectivity index (χ3v) is 6.69. The van der Waals surface area contributed by atoms with Gasteiger partial charge < -0.3 is 14.7 Å². The standard InChI is InChI=1S/C25H33NO3S/c1-16-11-22(27)25(23(12-16)29-4)21(19-6-8-20(30-5)9-7-19)13-24(28)26-14-17(2)10-18(3)15-26/h6-9,11-12,17-18,21,27H,10,13-15H2,1-5H3. The van der Waals surface area contributed by atoms with E-state index in [0.717, 1.165) is 30.6 Å². The normalized spacial score (nSPS) is 20.1. The highest BCUT2D eigenvalue weighted by molar-refractivity contribution is 7.98. The van der Waals surface area contributed by atoms with Gasteiger partial charge in [-0.1, -0.05) is 26.0 Å². The number of hydrogen-bond acceptors (Lipinski definition) is 4. The number of methoxy groups -OCH3 is 1. The number of hydrogen-bond donors (Lipinski definition) is 1. The molecule has 1 aliphatic rings. The van der Waals surface area contributed by atoms with E-state index >= 15 is 0 Å². The van der Waals surface area contributed by atoms with Crippen molar-refractivity contribution in [2.45, 2.75) is 44.4 Å². The van der Waals surface area contributed by atoms with Crippen molar-refractivity contribution in [3.63, 3.8) is 0 Å². The summed E-state index contributed by atoms with van der Waals surface area (Å²) < 4.78 is 5.63. The Hall–Kier alpha value is -2.14. The van der Waals surface area contributed by atoms with Gasteiger partial charge in [0.05, 0.1) is 7.11 Å². The van der Waals surface area contributed by atoms with Crippen molar-refractivity contribution in [1.29, 1.82) is 0 Å². The van der Waals surface area contributed by atoms with Crippen molar-refractivity contribution in [1.82, 2.24) is 4.90 Å². The molecule has 2 aromatic carbocycles. The van der Waals surface area contributed by atoms with Gasteiger partial charge in [0.15, 0.2) is 0 Å². The first-order valence-electron chi connectivity index (χ1n) is 10.6. The van der Waals surface area contributed by atoms with E-state index in [0.29, 0.717) is 29.6 Å². The van der Waals surface area contributed by atoms with Crippen molar-refractivity contribution in [3.05, 3.63) is 53.1 Å². The largest absolute Gasteiger partial charge is 0.507 e. The number of carbonyl (C=O) groups is 1. The maximum Gasteiger partial charge on any atom is 0.223 e. The number of aromatic hydroxyl groups is 1. The zero-order valence-corrected chi connectivity index (χ0v) is 19.5. The average molecular weight is 428 g/mol. The summed E-state index contributed by atoms with van der Waals surface area (Å²) in [7, 11) is 1.61. The Kier molecular flexibility index (Phi) is 7.35. The molecule has 1 saturated heterocycles. The molecule has 1 aliphatic heterocycles. The predicted octanol–water partition coefficient (Wildman–Crippen LogP) is 5.46. The molecule has 5 heteroatoms. The fourth-order valence-electron chi connectivity index (χ4n) is 4.66. The van der Waals surface area contributed by atoms with Crippen LogP contribution in [-0.2, 0) is 4.79 Å². The molecule has 1 amide bonds. The van der Waals surface area contributed by atoms with E-state index in [1.807, 2.05) is 24.1 Å². The Labute approximate surface area is 184 Å². The zero-order valence-electron chi connectivity index (χ0n) is 18.6. The smallest absolute Gasteiger partial charge is 0.223 e. The van der Waals surface area contributed by atoms with Gasteiger partial charge >= 0.3 is 0 Å². The van der Waals surface area contributed by atoms with E-state index in [9.17, 15) is 9.90 Å². The number of rotatable bonds is 6. The van der Waals surface area contributed by atoms with Gasteiger partial charge in [0.25, 0.3) is 0 Å². The second kappa shape index (κ2) is 9.78. The van der Waals surface area contributed by atoms with Crippen LogP contribution in [0.4, 0.5) is 0 Å². The lowest BCUT2D eigenvalue weighted by Gasteiger charge is -2.36. The molecule has 0 aromatic heterocycles. The molecule has 0 spiro atoms. The highest BCUT2D eigenvalue weighted by Gasteiger charge is 2.30. The molecule has 162 valence electrons. The van der Waals surface area contributed by atoms with Crippen LogP contribution in [0.15, 0.2) is 41.3 Å². The molecular formula is C25H33NO3S. The molecule has 1 fully saturated rings. The quantitative estimate of drug-likeness (QED) is 0.622. The number of thioether (sulfide) groups is 1. The van der Waals surface area contributed by atoms with Crippen LogP contribution in [0.1, 0.15) is 49.3 Å². The summed E-state index contributed by atoms with van der Waals surface area (Å²) in [6.45, 7) is 7.96. The SMILES string of the molecule is COc1cc(C)cc(O)c1C(CC(=O)N1CC(C)CC(C)C1)c1ccc(SC)cc1. The highest BCUT2D eigenvalue weighted by Crippen LogP contribution is 2.42. The van der Waals surface area contributed by atoms with Gasteiger partial charge in [0.1, 0.15) is 11.5 Å². The van der Waals surface area contributed by atoms with Crippen molar-refractivity contribution in [3.8, 4) is 11.5 Å². The summed E-state index contributed by atoms with van der Waals surface area (Å²) in [5.74, 6) is 1.70. The van der Waals surface area contributed by atoms with Crippen molar-refractivity contribution in [2.75, 3.05) is 26.5 Å². The maximum atomic E-state index is 13.3. The van der Waals surface area contributed by atoms with E-state index in [4.69, 9.17) is 4.74 Å². The van der Waals surface area contributed by atoms with Crippen molar-refractivity contribution in [2.24, 2.45) is 11.8 Å². The second-order valence-electron chi connectivity index (χ2n) is 8.67. The summed E-state index contributed by atoms with van der Waals surface area (Å²) in [6.07, 6.45) is 3.52. The first-order chi connectivity index (χ1) is 14.3. The van der Waals surface area contributed by atoms with Crippen LogP contribution >= 0.6 is 11.8 Å². The molecule has 0 aliphatic carbocycles. The lowest BCUT2D eigenvalue weighted by atomic mass is 9.85. The predicted molar refractivity (Wildman–Crippen MR) is 124 cm³/mol. The summed E-state index contributed by atoms with van der Waals surface area (Å²) in [6, 6.07) is 11.9. The van der Waals surface area contributed by atoms with Gasteiger partial charge in [-0.25, -0.2) is 0 Å². The van der Waals surface area contributed by atoms with Crippen molar-refractivity contribution < 1.29 is 14.6 Å².